The first kappa shape index (κ1) is 19.4. The molecule has 0 bridgehead atoms. The third-order valence-electron chi connectivity index (χ3n) is 5.35. The van der Waals surface area contributed by atoms with Crippen molar-refractivity contribution in [2.24, 2.45) is 0 Å². The Hall–Kier alpha value is -2.61. The normalized spacial score (nSPS) is 15.9. The van der Waals surface area contributed by atoms with E-state index in [9.17, 15) is 5.11 Å². The van der Waals surface area contributed by atoms with Crippen molar-refractivity contribution in [3.05, 3.63) is 59.7 Å². The molecule has 6 nitrogen and oxygen atoms in total. The predicted molar refractivity (Wildman–Crippen MR) is 116 cm³/mol. The summed E-state index contributed by atoms with van der Waals surface area (Å²) in [6, 6.07) is 15.0. The molecule has 0 aliphatic carbocycles. The number of phenolic OH excluding ortho intramolecular Hbond substituents is 1. The van der Waals surface area contributed by atoms with E-state index < -0.39 is 0 Å². The van der Waals surface area contributed by atoms with Crippen molar-refractivity contribution in [2.75, 3.05) is 38.6 Å². The molecular formula is C23H23N3O3S. The number of ether oxygens (including phenoxy) is 2. The molecule has 3 heterocycles. The Kier molecular flexibility index (Phi) is 5.57. The average molecular weight is 422 g/mol. The fourth-order valence-corrected chi connectivity index (χ4v) is 4.71. The highest BCUT2D eigenvalue weighted by Gasteiger charge is 2.24. The Morgan fingerprint density at radius 3 is 2.63 bits per heavy atom. The van der Waals surface area contributed by atoms with Crippen molar-refractivity contribution < 1.29 is 14.6 Å². The lowest BCUT2D eigenvalue weighted by Crippen LogP contribution is -2.37. The summed E-state index contributed by atoms with van der Waals surface area (Å²) in [6.07, 6.45) is 0.765. The van der Waals surface area contributed by atoms with Gasteiger partial charge >= 0.3 is 0 Å². The second-order valence-electron chi connectivity index (χ2n) is 7.37. The van der Waals surface area contributed by atoms with E-state index in [1.165, 1.54) is 0 Å². The van der Waals surface area contributed by atoms with E-state index in [4.69, 9.17) is 19.4 Å². The Morgan fingerprint density at radius 1 is 1.00 bits per heavy atom. The smallest absolute Gasteiger partial charge is 0.227 e. The predicted octanol–water partition coefficient (Wildman–Crippen LogP) is 3.97. The molecule has 1 saturated heterocycles. The molecule has 0 atom stereocenters. The minimum atomic E-state index is 0.224. The first-order valence-corrected chi connectivity index (χ1v) is 11.1. The van der Waals surface area contributed by atoms with Crippen LogP contribution < -0.4 is 4.74 Å². The molecule has 0 spiro atoms. The molecule has 3 aromatic rings. The van der Waals surface area contributed by atoms with E-state index in [0.717, 1.165) is 72.5 Å². The summed E-state index contributed by atoms with van der Waals surface area (Å²) in [6.45, 7) is 4.58. The van der Waals surface area contributed by atoms with Gasteiger partial charge in [0.05, 0.1) is 18.8 Å². The number of benzene rings is 2. The molecule has 1 N–H and O–H groups in total. The van der Waals surface area contributed by atoms with Gasteiger partial charge in [-0.2, -0.15) is 4.98 Å². The molecule has 1 aromatic heterocycles. The number of nitrogens with zero attached hydrogens (tertiary/aromatic N) is 3. The number of para-hydroxylation sites is 1. The van der Waals surface area contributed by atoms with Gasteiger partial charge in [-0.1, -0.05) is 18.2 Å². The summed E-state index contributed by atoms with van der Waals surface area (Å²) in [5, 5.41) is 10.6. The molecule has 0 unspecified atom stereocenters. The molecule has 2 aliphatic rings. The van der Waals surface area contributed by atoms with Crippen molar-refractivity contribution in [1.29, 1.82) is 0 Å². The fraction of sp³-hybridized carbons (Fsp3) is 0.304. The Labute approximate surface area is 179 Å². The Balaban J connectivity index is 1.44. The van der Waals surface area contributed by atoms with Crippen molar-refractivity contribution in [1.82, 2.24) is 14.9 Å². The van der Waals surface area contributed by atoms with Gasteiger partial charge < -0.3 is 14.6 Å². The SMILES string of the molecule is Oc1ccc(-c2nc3c(c(SCCN4CCOCC4)n2)Cc2ccccc2O3)cc1. The van der Waals surface area contributed by atoms with E-state index in [-0.39, 0.29) is 5.75 Å². The van der Waals surface area contributed by atoms with Crippen LogP contribution in [0.4, 0.5) is 0 Å². The third-order valence-corrected chi connectivity index (χ3v) is 6.35. The standard InChI is InChI=1S/C23H23N3O3S/c27-18-7-5-16(6-8-18)21-24-22-19(15-17-3-1-2-4-20(17)29-22)23(25-21)30-14-11-26-9-12-28-13-10-26/h1-8,27H,9-15H2. The maximum Gasteiger partial charge on any atom is 0.227 e. The number of hydrogen-bond acceptors (Lipinski definition) is 7. The van der Waals surface area contributed by atoms with Crippen LogP contribution in [-0.4, -0.2) is 58.6 Å². The van der Waals surface area contributed by atoms with Gasteiger partial charge in [0.1, 0.15) is 16.5 Å². The number of morpholine rings is 1. The van der Waals surface area contributed by atoms with E-state index in [1.807, 2.05) is 30.3 Å². The van der Waals surface area contributed by atoms with E-state index in [2.05, 4.69) is 11.0 Å². The molecule has 0 amide bonds. The zero-order valence-electron chi connectivity index (χ0n) is 16.6. The maximum absolute atomic E-state index is 9.62. The summed E-state index contributed by atoms with van der Waals surface area (Å²) >= 11 is 1.75. The zero-order chi connectivity index (χ0) is 20.3. The number of aromatic nitrogens is 2. The Morgan fingerprint density at radius 2 is 1.80 bits per heavy atom. The van der Waals surface area contributed by atoms with Crippen LogP contribution in [0.1, 0.15) is 11.1 Å². The first-order chi connectivity index (χ1) is 14.8. The second-order valence-corrected chi connectivity index (χ2v) is 8.46. The van der Waals surface area contributed by atoms with Crippen LogP contribution >= 0.6 is 11.8 Å². The van der Waals surface area contributed by atoms with Crippen LogP contribution in [0.5, 0.6) is 17.4 Å². The van der Waals surface area contributed by atoms with Gasteiger partial charge in [0.15, 0.2) is 5.82 Å². The van der Waals surface area contributed by atoms with E-state index in [1.54, 1.807) is 23.9 Å². The highest BCUT2D eigenvalue weighted by Crippen LogP contribution is 2.40. The minimum Gasteiger partial charge on any atom is -0.508 e. The largest absolute Gasteiger partial charge is 0.508 e. The highest BCUT2D eigenvalue weighted by molar-refractivity contribution is 7.99. The van der Waals surface area contributed by atoms with E-state index >= 15 is 0 Å². The highest BCUT2D eigenvalue weighted by atomic mass is 32.2. The zero-order valence-corrected chi connectivity index (χ0v) is 17.4. The quantitative estimate of drug-likeness (QED) is 0.386. The second kappa shape index (κ2) is 8.63. The van der Waals surface area contributed by atoms with Crippen molar-refractivity contribution in [2.45, 2.75) is 11.4 Å². The van der Waals surface area contributed by atoms with Gasteiger partial charge in [-0.25, -0.2) is 4.98 Å². The van der Waals surface area contributed by atoms with E-state index in [0.29, 0.717) is 11.7 Å². The number of thioether (sulfide) groups is 1. The van der Waals surface area contributed by atoms with Gasteiger partial charge in [-0.15, -0.1) is 11.8 Å². The minimum absolute atomic E-state index is 0.224. The van der Waals surface area contributed by atoms with Gasteiger partial charge in [0.2, 0.25) is 5.88 Å². The van der Waals surface area contributed by atoms with Gasteiger partial charge in [-0.05, 0) is 35.9 Å². The van der Waals surface area contributed by atoms with Crippen LogP contribution in [0, 0.1) is 0 Å². The third kappa shape index (κ3) is 4.14. The monoisotopic (exact) mass is 421 g/mol. The topological polar surface area (TPSA) is 67.7 Å². The molecule has 5 rings (SSSR count). The number of aromatic hydroxyl groups is 1. The van der Waals surface area contributed by atoms with Gasteiger partial charge in [0, 0.05) is 37.4 Å². The Bertz CT molecular complexity index is 1040. The van der Waals surface area contributed by atoms with Crippen molar-refractivity contribution >= 4 is 11.8 Å². The number of phenols is 1. The van der Waals surface area contributed by atoms with Crippen LogP contribution in [-0.2, 0) is 11.2 Å². The lowest BCUT2D eigenvalue weighted by Gasteiger charge is -2.26. The summed E-state index contributed by atoms with van der Waals surface area (Å²) in [5.41, 5.74) is 3.05. The molecule has 2 aromatic carbocycles. The summed E-state index contributed by atoms with van der Waals surface area (Å²) in [7, 11) is 0. The van der Waals surface area contributed by atoms with Gasteiger partial charge in [-0.3, -0.25) is 4.90 Å². The summed E-state index contributed by atoms with van der Waals surface area (Å²) < 4.78 is 11.6. The molecule has 7 heteroatoms. The molecule has 30 heavy (non-hydrogen) atoms. The molecule has 2 aliphatic heterocycles. The summed E-state index contributed by atoms with van der Waals surface area (Å²) in [5.74, 6) is 3.26. The lowest BCUT2D eigenvalue weighted by molar-refractivity contribution is 0.0410. The molecule has 0 saturated carbocycles. The maximum atomic E-state index is 9.62. The summed E-state index contributed by atoms with van der Waals surface area (Å²) in [4.78, 5) is 12.0. The molecular weight excluding hydrogens is 398 g/mol. The van der Waals surface area contributed by atoms with Crippen molar-refractivity contribution in [3.8, 4) is 28.8 Å². The van der Waals surface area contributed by atoms with Crippen LogP contribution in [0.15, 0.2) is 53.6 Å². The average Bonchev–Trinajstić information content (AvgIpc) is 2.79. The number of rotatable bonds is 5. The number of fused-ring (bicyclic) bond motifs is 2. The molecule has 1 fully saturated rings. The molecule has 154 valence electrons. The fourth-order valence-electron chi connectivity index (χ4n) is 3.68. The first-order valence-electron chi connectivity index (χ1n) is 10.2. The van der Waals surface area contributed by atoms with Crippen molar-refractivity contribution in [3.63, 3.8) is 0 Å². The lowest BCUT2D eigenvalue weighted by atomic mass is 10.0. The van der Waals surface area contributed by atoms with Crippen LogP contribution in [0.25, 0.3) is 11.4 Å². The van der Waals surface area contributed by atoms with Crippen LogP contribution in [0.3, 0.4) is 0 Å². The molecule has 0 radical (unpaired) electrons. The van der Waals surface area contributed by atoms with Crippen LogP contribution in [0.2, 0.25) is 0 Å². The van der Waals surface area contributed by atoms with Gasteiger partial charge in [0.25, 0.3) is 0 Å². The number of hydrogen-bond donors (Lipinski definition) is 1.